The number of rotatable bonds is 3. The predicted molar refractivity (Wildman–Crippen MR) is 49.6 cm³/mol. The first-order valence-corrected chi connectivity index (χ1v) is 4.63. The van der Waals surface area contributed by atoms with E-state index in [0.29, 0.717) is 6.07 Å². The zero-order valence-corrected chi connectivity index (χ0v) is 8.76. The van der Waals surface area contributed by atoms with Gasteiger partial charge in [-0.05, 0) is 5.92 Å². The molecule has 90 valence electrons. The van der Waals surface area contributed by atoms with Gasteiger partial charge >= 0.3 is 6.18 Å². The van der Waals surface area contributed by atoms with Gasteiger partial charge in [-0.2, -0.15) is 13.2 Å². The van der Waals surface area contributed by atoms with Crippen molar-refractivity contribution in [1.29, 1.82) is 0 Å². The fraction of sp³-hybridized carbons (Fsp3) is 0.556. The second kappa shape index (κ2) is 4.54. The number of aromatic nitrogens is 1. The number of hydrogen-bond donors (Lipinski definition) is 1. The first kappa shape index (κ1) is 12.5. The highest BCUT2D eigenvalue weighted by atomic mass is 19.4. The molecule has 0 aliphatic carbocycles. The van der Waals surface area contributed by atoms with Crippen molar-refractivity contribution in [2.45, 2.75) is 26.4 Å². The maximum absolute atomic E-state index is 12.1. The largest absolute Gasteiger partial charge is 0.452 e. The molecule has 1 amide bonds. The molecule has 0 aromatic carbocycles. The maximum Gasteiger partial charge on any atom is 0.452 e. The monoisotopic (exact) mass is 236 g/mol. The van der Waals surface area contributed by atoms with Crippen molar-refractivity contribution in [3.63, 3.8) is 0 Å². The van der Waals surface area contributed by atoms with Gasteiger partial charge in [0.05, 0.1) is 0 Å². The van der Waals surface area contributed by atoms with E-state index in [-0.39, 0.29) is 18.2 Å². The number of anilines is 1. The van der Waals surface area contributed by atoms with Crippen LogP contribution in [0.2, 0.25) is 0 Å². The lowest BCUT2D eigenvalue weighted by atomic mass is 10.1. The summed E-state index contributed by atoms with van der Waals surface area (Å²) < 4.78 is 40.4. The van der Waals surface area contributed by atoms with Crippen LogP contribution in [0.25, 0.3) is 0 Å². The van der Waals surface area contributed by atoms with E-state index in [0.717, 1.165) is 0 Å². The summed E-state index contributed by atoms with van der Waals surface area (Å²) >= 11 is 0. The molecule has 0 spiro atoms. The number of nitrogens with zero attached hydrogens (tertiary/aromatic N) is 1. The van der Waals surface area contributed by atoms with E-state index in [1.807, 2.05) is 13.8 Å². The standard InChI is InChI=1S/C9H11F3N2O2/c1-5(2)3-8(15)13-7-4-6(16-14-7)9(10,11)12/h4-5H,3H2,1-2H3,(H,13,14,15). The highest BCUT2D eigenvalue weighted by Crippen LogP contribution is 2.30. The number of halogens is 3. The van der Waals surface area contributed by atoms with Gasteiger partial charge in [0.2, 0.25) is 11.7 Å². The molecule has 0 aliphatic rings. The minimum absolute atomic E-state index is 0.119. The molecule has 0 saturated carbocycles. The van der Waals surface area contributed by atoms with Crippen LogP contribution in [0, 0.1) is 5.92 Å². The van der Waals surface area contributed by atoms with Crippen molar-refractivity contribution in [3.8, 4) is 0 Å². The third kappa shape index (κ3) is 3.56. The molecule has 0 aliphatic heterocycles. The average molecular weight is 236 g/mol. The van der Waals surface area contributed by atoms with E-state index in [9.17, 15) is 18.0 Å². The number of amides is 1. The Morgan fingerprint density at radius 3 is 2.62 bits per heavy atom. The van der Waals surface area contributed by atoms with Gasteiger partial charge < -0.3 is 9.84 Å². The first-order chi connectivity index (χ1) is 7.29. The summed E-state index contributed by atoms with van der Waals surface area (Å²) in [7, 11) is 0. The molecule has 4 nitrogen and oxygen atoms in total. The van der Waals surface area contributed by atoms with Crippen LogP contribution in [0.4, 0.5) is 19.0 Å². The minimum Gasteiger partial charge on any atom is -0.349 e. The molecule has 1 aromatic heterocycles. The van der Waals surface area contributed by atoms with E-state index in [2.05, 4.69) is 15.0 Å². The van der Waals surface area contributed by atoms with Gasteiger partial charge in [0.1, 0.15) is 0 Å². The first-order valence-electron chi connectivity index (χ1n) is 4.63. The van der Waals surface area contributed by atoms with Gasteiger partial charge in [-0.1, -0.05) is 19.0 Å². The fourth-order valence-corrected chi connectivity index (χ4v) is 1.03. The molecular weight excluding hydrogens is 225 g/mol. The van der Waals surface area contributed by atoms with E-state index in [1.54, 1.807) is 0 Å². The van der Waals surface area contributed by atoms with E-state index in [4.69, 9.17) is 0 Å². The Labute approximate surface area is 89.8 Å². The summed E-state index contributed by atoms with van der Waals surface area (Å²) in [4.78, 5) is 11.2. The van der Waals surface area contributed by atoms with Gasteiger partial charge in [-0.25, -0.2) is 0 Å². The molecule has 0 saturated heterocycles. The van der Waals surface area contributed by atoms with Crippen molar-refractivity contribution in [3.05, 3.63) is 11.8 Å². The third-order valence-corrected chi connectivity index (χ3v) is 1.65. The molecule has 0 unspecified atom stereocenters. The molecule has 1 aromatic rings. The molecule has 1 heterocycles. The lowest BCUT2D eigenvalue weighted by Gasteiger charge is -2.03. The number of nitrogens with one attached hydrogen (secondary N) is 1. The molecule has 16 heavy (non-hydrogen) atoms. The Morgan fingerprint density at radius 2 is 2.19 bits per heavy atom. The summed E-state index contributed by atoms with van der Waals surface area (Å²) in [6, 6.07) is 0.651. The van der Waals surface area contributed by atoms with Crippen LogP contribution in [-0.2, 0) is 11.0 Å². The summed E-state index contributed by atoms with van der Waals surface area (Å²) in [6.45, 7) is 3.65. The maximum atomic E-state index is 12.1. The summed E-state index contributed by atoms with van der Waals surface area (Å²) in [5, 5.41) is 5.32. The Bertz CT molecular complexity index is 371. The second-order valence-electron chi connectivity index (χ2n) is 3.72. The number of carbonyl (C=O) groups is 1. The van der Waals surface area contributed by atoms with E-state index >= 15 is 0 Å². The van der Waals surface area contributed by atoms with E-state index in [1.165, 1.54) is 0 Å². The van der Waals surface area contributed by atoms with Crippen molar-refractivity contribution in [2.24, 2.45) is 5.92 Å². The molecule has 1 N–H and O–H groups in total. The Balaban J connectivity index is 2.62. The summed E-state index contributed by atoms with van der Waals surface area (Å²) in [5.41, 5.74) is 0. The third-order valence-electron chi connectivity index (χ3n) is 1.65. The molecule has 0 fully saturated rings. The van der Waals surface area contributed by atoms with E-state index < -0.39 is 17.8 Å². The van der Waals surface area contributed by atoms with Crippen LogP contribution in [0.3, 0.4) is 0 Å². The molecular formula is C9H11F3N2O2. The van der Waals surface area contributed by atoms with Crippen molar-refractivity contribution < 1.29 is 22.5 Å². The Kier molecular flexibility index (Phi) is 3.56. The molecule has 7 heteroatoms. The summed E-state index contributed by atoms with van der Waals surface area (Å²) in [5.74, 6) is -1.73. The fourth-order valence-electron chi connectivity index (χ4n) is 1.03. The van der Waals surface area contributed by atoms with Gasteiger partial charge in [0.15, 0.2) is 5.82 Å². The number of carbonyl (C=O) groups excluding carboxylic acids is 1. The van der Waals surface area contributed by atoms with Crippen molar-refractivity contribution in [2.75, 3.05) is 5.32 Å². The second-order valence-corrected chi connectivity index (χ2v) is 3.72. The van der Waals surface area contributed by atoms with Gasteiger partial charge in [0.25, 0.3) is 0 Å². The highest BCUT2D eigenvalue weighted by molar-refractivity contribution is 5.89. The zero-order valence-electron chi connectivity index (χ0n) is 8.76. The van der Waals surface area contributed by atoms with Gasteiger partial charge in [-0.3, -0.25) is 4.79 Å². The van der Waals surface area contributed by atoms with Crippen LogP contribution >= 0.6 is 0 Å². The average Bonchev–Trinajstić information content (AvgIpc) is 2.49. The lowest BCUT2D eigenvalue weighted by molar-refractivity contribution is -0.155. The van der Waals surface area contributed by atoms with Crippen LogP contribution in [-0.4, -0.2) is 11.1 Å². The van der Waals surface area contributed by atoms with Crippen molar-refractivity contribution >= 4 is 11.7 Å². The normalized spacial score (nSPS) is 11.9. The highest BCUT2D eigenvalue weighted by Gasteiger charge is 2.36. The van der Waals surface area contributed by atoms with Crippen LogP contribution < -0.4 is 5.32 Å². The zero-order chi connectivity index (χ0) is 12.3. The van der Waals surface area contributed by atoms with Gasteiger partial charge in [0, 0.05) is 12.5 Å². The number of alkyl halides is 3. The molecule has 0 bridgehead atoms. The molecule has 0 radical (unpaired) electrons. The Hall–Kier alpha value is -1.53. The van der Waals surface area contributed by atoms with Crippen molar-refractivity contribution in [1.82, 2.24) is 5.16 Å². The molecule has 0 atom stereocenters. The topological polar surface area (TPSA) is 55.1 Å². The predicted octanol–water partition coefficient (Wildman–Crippen LogP) is 2.68. The quantitative estimate of drug-likeness (QED) is 0.877. The smallest absolute Gasteiger partial charge is 0.349 e. The SMILES string of the molecule is CC(C)CC(=O)Nc1cc(C(F)(F)F)on1. The van der Waals surface area contributed by atoms with Crippen LogP contribution in [0.1, 0.15) is 26.0 Å². The van der Waals surface area contributed by atoms with Gasteiger partial charge in [-0.15, -0.1) is 0 Å². The summed E-state index contributed by atoms with van der Waals surface area (Å²) in [6.07, 6.45) is -4.37. The lowest BCUT2D eigenvalue weighted by Crippen LogP contribution is -2.14. The number of hydrogen-bond acceptors (Lipinski definition) is 3. The van der Waals surface area contributed by atoms with Crippen LogP contribution in [0.15, 0.2) is 10.6 Å². The Morgan fingerprint density at radius 1 is 1.56 bits per heavy atom. The molecule has 1 rings (SSSR count). The minimum atomic E-state index is -4.59. The van der Waals surface area contributed by atoms with Crippen LogP contribution in [0.5, 0.6) is 0 Å².